The molecule has 0 atom stereocenters. The second-order valence-corrected chi connectivity index (χ2v) is 11.7. The van der Waals surface area contributed by atoms with Crippen molar-refractivity contribution in [1.29, 1.82) is 5.26 Å². The van der Waals surface area contributed by atoms with E-state index in [1.807, 2.05) is 36.4 Å². The number of nitriles is 1. The Balaban J connectivity index is 1.32. The highest BCUT2D eigenvalue weighted by Crippen LogP contribution is 2.38. The molecule has 2 fully saturated rings. The van der Waals surface area contributed by atoms with Gasteiger partial charge in [0, 0.05) is 44.5 Å². The maximum atomic E-state index is 13.6. The Kier molecular flexibility index (Phi) is 7.19. The van der Waals surface area contributed by atoms with Crippen LogP contribution < -0.4 is 24.8 Å². The van der Waals surface area contributed by atoms with Gasteiger partial charge in [-0.05, 0) is 48.4 Å². The van der Waals surface area contributed by atoms with Crippen molar-refractivity contribution in [2.24, 2.45) is 7.05 Å². The highest BCUT2D eigenvalue weighted by Gasteiger charge is 2.34. The molecule has 3 aliphatic heterocycles. The summed E-state index contributed by atoms with van der Waals surface area (Å²) in [4.78, 5) is 33.3. The van der Waals surface area contributed by atoms with E-state index in [9.17, 15) is 14.9 Å². The number of pyridine rings is 1. The minimum atomic E-state index is -0.349. The molecule has 1 amide bonds. The number of thiocarbonyl (C=S) groups is 1. The summed E-state index contributed by atoms with van der Waals surface area (Å²) >= 11 is 6.83. The Hall–Kier alpha value is -4.27. The number of carbonyl (C=O) groups excluding carboxylic acids is 1. The number of carbonyl (C=O) groups is 1. The van der Waals surface area contributed by atoms with Gasteiger partial charge >= 0.3 is 0 Å². The summed E-state index contributed by atoms with van der Waals surface area (Å²) in [6.07, 6.45) is 1.79. The fraction of sp³-hybridized carbons (Fsp3) is 0.267. The van der Waals surface area contributed by atoms with E-state index < -0.39 is 0 Å². The molecular formula is C30H27N5O4S2. The number of benzene rings is 2. The third kappa shape index (κ3) is 4.94. The summed E-state index contributed by atoms with van der Waals surface area (Å²) < 4.78 is 12.8. The first kappa shape index (κ1) is 26.9. The average molecular weight is 586 g/mol. The zero-order valence-corrected chi connectivity index (χ0v) is 24.3. The normalized spacial score (nSPS) is 17.5. The molecule has 4 heterocycles. The molecule has 1 aromatic heterocycles. The molecule has 2 saturated heterocycles. The van der Waals surface area contributed by atoms with Crippen molar-refractivity contribution in [2.75, 3.05) is 42.8 Å². The third-order valence-electron chi connectivity index (χ3n) is 7.60. The van der Waals surface area contributed by atoms with Gasteiger partial charge in [-0.2, -0.15) is 5.26 Å². The lowest BCUT2D eigenvalue weighted by molar-refractivity contribution is -0.122. The summed E-state index contributed by atoms with van der Waals surface area (Å²) in [5.74, 6) is 1.80. The van der Waals surface area contributed by atoms with Crippen molar-refractivity contribution >= 4 is 51.8 Å². The molecular weight excluding hydrogens is 558 g/mol. The van der Waals surface area contributed by atoms with Crippen LogP contribution in [0, 0.1) is 18.3 Å². The second kappa shape index (κ2) is 11.0. The number of nitrogens with zero attached hydrogens (tertiary/aromatic N) is 5. The molecule has 3 aliphatic rings. The van der Waals surface area contributed by atoms with E-state index in [2.05, 4.69) is 28.0 Å². The number of para-hydroxylation sites is 1. The Morgan fingerprint density at radius 2 is 1.73 bits per heavy atom. The lowest BCUT2D eigenvalue weighted by Crippen LogP contribution is -2.48. The van der Waals surface area contributed by atoms with Crippen LogP contribution in [0.1, 0.15) is 22.3 Å². The van der Waals surface area contributed by atoms with Gasteiger partial charge in [-0.3, -0.25) is 19.1 Å². The number of fused-ring (bicyclic) bond motifs is 1. The van der Waals surface area contributed by atoms with Gasteiger partial charge in [0.2, 0.25) is 6.79 Å². The second-order valence-electron chi connectivity index (χ2n) is 9.98. The quantitative estimate of drug-likeness (QED) is 0.325. The van der Waals surface area contributed by atoms with Crippen LogP contribution in [0.3, 0.4) is 0 Å². The van der Waals surface area contributed by atoms with Gasteiger partial charge < -0.3 is 19.3 Å². The molecule has 0 radical (unpaired) electrons. The van der Waals surface area contributed by atoms with Gasteiger partial charge in [0.1, 0.15) is 21.8 Å². The first-order valence-corrected chi connectivity index (χ1v) is 14.4. The van der Waals surface area contributed by atoms with E-state index in [0.29, 0.717) is 57.3 Å². The Labute approximate surface area is 247 Å². The number of anilines is 2. The van der Waals surface area contributed by atoms with Crippen molar-refractivity contribution in [1.82, 2.24) is 9.47 Å². The van der Waals surface area contributed by atoms with Crippen molar-refractivity contribution in [3.8, 4) is 17.6 Å². The standard InChI is InChI=1S/C30H27N5O4S2/c1-19-22(15-26-29(37)35(30(40)41-26)17-20-8-9-24-25(14-20)39-18-38-24)27(32(2)28(36)23(19)16-31)34-12-10-33(11-13-34)21-6-4-3-5-7-21/h3-9,14-15H,10-13,17-18H2,1-2H3/b26-15-. The highest BCUT2D eigenvalue weighted by atomic mass is 32.2. The molecule has 0 aliphatic carbocycles. The molecule has 41 heavy (non-hydrogen) atoms. The Morgan fingerprint density at radius 1 is 1.02 bits per heavy atom. The topological polar surface area (TPSA) is 91.0 Å². The summed E-state index contributed by atoms with van der Waals surface area (Å²) in [6.45, 7) is 5.14. The summed E-state index contributed by atoms with van der Waals surface area (Å²) in [7, 11) is 1.68. The molecule has 0 spiro atoms. The number of rotatable bonds is 5. The van der Waals surface area contributed by atoms with Crippen LogP contribution in [0.25, 0.3) is 6.08 Å². The number of thioether (sulfide) groups is 1. The van der Waals surface area contributed by atoms with Gasteiger partial charge in [-0.15, -0.1) is 0 Å². The predicted octanol–water partition coefficient (Wildman–Crippen LogP) is 4.02. The van der Waals surface area contributed by atoms with E-state index in [1.165, 1.54) is 16.3 Å². The van der Waals surface area contributed by atoms with E-state index in [0.717, 1.165) is 24.3 Å². The number of amides is 1. The number of ether oxygens (including phenoxy) is 2. The van der Waals surface area contributed by atoms with Gasteiger partial charge in [0.05, 0.1) is 11.4 Å². The molecule has 6 rings (SSSR count). The van der Waals surface area contributed by atoms with Gasteiger partial charge in [0.15, 0.2) is 11.5 Å². The SMILES string of the molecule is Cc1c(/C=C2\SC(=S)N(Cc3ccc4c(c3)OCO4)C2=O)c(N2CCN(c3ccccc3)CC2)n(C)c(=O)c1C#N. The van der Waals surface area contributed by atoms with Gasteiger partial charge in [-0.1, -0.05) is 48.2 Å². The lowest BCUT2D eigenvalue weighted by Gasteiger charge is -2.38. The molecule has 0 saturated carbocycles. The molecule has 0 N–H and O–H groups in total. The largest absolute Gasteiger partial charge is 0.454 e. The highest BCUT2D eigenvalue weighted by molar-refractivity contribution is 8.26. The molecule has 208 valence electrons. The van der Waals surface area contributed by atoms with Crippen molar-refractivity contribution in [2.45, 2.75) is 13.5 Å². The van der Waals surface area contributed by atoms with Crippen molar-refractivity contribution < 1.29 is 14.3 Å². The fourth-order valence-corrected chi connectivity index (χ4v) is 6.64. The molecule has 2 aromatic carbocycles. The number of hydrogen-bond acceptors (Lipinski definition) is 9. The van der Waals surface area contributed by atoms with E-state index in [4.69, 9.17) is 21.7 Å². The molecule has 0 bridgehead atoms. The van der Waals surface area contributed by atoms with Crippen LogP contribution in [0.2, 0.25) is 0 Å². The Bertz CT molecular complexity index is 1690. The molecule has 9 nitrogen and oxygen atoms in total. The average Bonchev–Trinajstić information content (AvgIpc) is 3.56. The first-order valence-electron chi connectivity index (χ1n) is 13.2. The minimum Gasteiger partial charge on any atom is -0.454 e. The smallest absolute Gasteiger partial charge is 0.270 e. The molecule has 3 aromatic rings. The number of aromatic nitrogens is 1. The summed E-state index contributed by atoms with van der Waals surface area (Å²) in [6, 6.07) is 17.9. The molecule has 0 unspecified atom stereocenters. The zero-order valence-electron chi connectivity index (χ0n) is 22.6. The maximum absolute atomic E-state index is 13.6. The fourth-order valence-electron chi connectivity index (χ4n) is 5.40. The zero-order chi connectivity index (χ0) is 28.7. The first-order chi connectivity index (χ1) is 19.9. The summed E-state index contributed by atoms with van der Waals surface area (Å²) in [5.41, 5.74) is 2.98. The van der Waals surface area contributed by atoms with Crippen LogP contribution in [-0.4, -0.2) is 52.7 Å². The van der Waals surface area contributed by atoms with Crippen LogP contribution in [0.5, 0.6) is 11.5 Å². The van der Waals surface area contributed by atoms with Crippen LogP contribution in [-0.2, 0) is 18.4 Å². The van der Waals surface area contributed by atoms with Crippen LogP contribution in [0.4, 0.5) is 11.5 Å². The van der Waals surface area contributed by atoms with Crippen LogP contribution >= 0.6 is 24.0 Å². The van der Waals surface area contributed by atoms with E-state index in [-0.39, 0.29) is 23.8 Å². The monoisotopic (exact) mass is 585 g/mol. The number of hydrogen-bond donors (Lipinski definition) is 0. The van der Waals surface area contributed by atoms with E-state index in [1.54, 1.807) is 24.9 Å². The van der Waals surface area contributed by atoms with Gasteiger partial charge in [-0.25, -0.2) is 0 Å². The van der Waals surface area contributed by atoms with Crippen molar-refractivity contribution in [3.63, 3.8) is 0 Å². The third-order valence-corrected chi connectivity index (χ3v) is 8.97. The molecule has 11 heteroatoms. The van der Waals surface area contributed by atoms with Crippen molar-refractivity contribution in [3.05, 3.63) is 86.0 Å². The Morgan fingerprint density at radius 3 is 2.46 bits per heavy atom. The summed E-state index contributed by atoms with van der Waals surface area (Å²) in [5, 5.41) is 9.81. The number of piperazine rings is 1. The lowest BCUT2D eigenvalue weighted by atomic mass is 10.0. The predicted molar refractivity (Wildman–Crippen MR) is 163 cm³/mol. The maximum Gasteiger partial charge on any atom is 0.270 e. The van der Waals surface area contributed by atoms with Gasteiger partial charge in [0.25, 0.3) is 11.5 Å². The van der Waals surface area contributed by atoms with E-state index >= 15 is 0 Å². The minimum absolute atomic E-state index is 0.0706. The van der Waals surface area contributed by atoms with Crippen LogP contribution in [0.15, 0.2) is 58.2 Å².